The van der Waals surface area contributed by atoms with Gasteiger partial charge in [0.1, 0.15) is 11.9 Å². The van der Waals surface area contributed by atoms with Crippen LogP contribution in [-0.4, -0.2) is 26.2 Å². The summed E-state index contributed by atoms with van der Waals surface area (Å²) in [4.78, 5) is 0. The van der Waals surface area contributed by atoms with Crippen molar-refractivity contribution in [2.75, 3.05) is 6.61 Å². The van der Waals surface area contributed by atoms with Gasteiger partial charge in [0, 0.05) is 18.1 Å². The highest BCUT2D eigenvalue weighted by Crippen LogP contribution is 2.41. The molecule has 1 saturated carbocycles. The van der Waals surface area contributed by atoms with Crippen molar-refractivity contribution >= 4 is 19.3 Å². The van der Waals surface area contributed by atoms with Crippen molar-refractivity contribution in [3.05, 3.63) is 23.4 Å². The summed E-state index contributed by atoms with van der Waals surface area (Å²) in [5.41, 5.74) is -0.126. The van der Waals surface area contributed by atoms with E-state index in [1.165, 1.54) is 6.07 Å². The van der Waals surface area contributed by atoms with Crippen molar-refractivity contribution in [2.45, 2.75) is 96.6 Å². The largest absolute Gasteiger partial charge is 0.490 e. The van der Waals surface area contributed by atoms with E-state index in [0.717, 1.165) is 32.1 Å². The maximum atomic E-state index is 13.3. The Morgan fingerprint density at radius 3 is 2.44 bits per heavy atom. The molecule has 1 heterocycles. The van der Waals surface area contributed by atoms with Crippen LogP contribution >= 0.6 is 0 Å². The molecule has 0 saturated heterocycles. The highest BCUT2D eigenvalue weighted by atomic mass is 28.4. The van der Waals surface area contributed by atoms with Gasteiger partial charge < -0.3 is 13.7 Å². The van der Waals surface area contributed by atoms with Gasteiger partial charge in [-0.1, -0.05) is 45.7 Å². The Balaban J connectivity index is 1.85. The van der Waals surface area contributed by atoms with E-state index in [0.29, 0.717) is 24.3 Å². The van der Waals surface area contributed by atoms with E-state index in [1.54, 1.807) is 6.07 Å². The smallest absolute Gasteiger partial charge is 0.437 e. The fourth-order valence-corrected chi connectivity index (χ4v) is 5.12. The van der Waals surface area contributed by atoms with E-state index in [9.17, 15) is 13.2 Å². The molecule has 1 aliphatic rings. The van der Waals surface area contributed by atoms with Crippen LogP contribution in [0.15, 0.2) is 16.7 Å². The summed E-state index contributed by atoms with van der Waals surface area (Å²) in [6.45, 7) is 13.8. The summed E-state index contributed by atoms with van der Waals surface area (Å²) in [5.74, 6) is 0.872. The zero-order valence-corrected chi connectivity index (χ0v) is 21.1. The summed E-state index contributed by atoms with van der Waals surface area (Å²) in [6.07, 6.45) is 0.927. The van der Waals surface area contributed by atoms with Crippen LogP contribution in [0.2, 0.25) is 18.1 Å². The highest BCUT2D eigenvalue weighted by molar-refractivity contribution is 6.74. The van der Waals surface area contributed by atoms with Crippen molar-refractivity contribution in [1.29, 1.82) is 0 Å². The average molecular weight is 472 g/mol. The molecule has 1 aromatic carbocycles. The topological polar surface area (TPSA) is 44.5 Å². The number of rotatable bonds is 7. The van der Waals surface area contributed by atoms with E-state index in [1.807, 2.05) is 6.92 Å². The number of fused-ring (bicyclic) bond motifs is 1. The molecule has 8 heteroatoms. The molecule has 180 valence electrons. The minimum absolute atomic E-state index is 0.00486. The number of hydrogen-bond donors (Lipinski definition) is 0. The predicted molar refractivity (Wildman–Crippen MR) is 123 cm³/mol. The van der Waals surface area contributed by atoms with Gasteiger partial charge >= 0.3 is 6.18 Å². The third-order valence-electron chi connectivity index (χ3n) is 7.05. The van der Waals surface area contributed by atoms with Gasteiger partial charge in [-0.2, -0.15) is 13.2 Å². The summed E-state index contributed by atoms with van der Waals surface area (Å²) >= 11 is 0. The maximum Gasteiger partial charge on any atom is 0.437 e. The Kier molecular flexibility index (Phi) is 7.35. The van der Waals surface area contributed by atoms with Crippen LogP contribution < -0.4 is 4.74 Å². The zero-order chi connectivity index (χ0) is 23.7. The first kappa shape index (κ1) is 25.1. The number of aryl methyl sites for hydroxylation is 1. The highest BCUT2D eigenvalue weighted by Gasteiger charge is 2.40. The number of alkyl halides is 3. The van der Waals surface area contributed by atoms with E-state index in [2.05, 4.69) is 39.0 Å². The van der Waals surface area contributed by atoms with Crippen molar-refractivity contribution in [2.24, 2.45) is 5.92 Å². The van der Waals surface area contributed by atoms with E-state index in [-0.39, 0.29) is 28.0 Å². The predicted octanol–water partition coefficient (Wildman–Crippen LogP) is 7.76. The van der Waals surface area contributed by atoms with Crippen molar-refractivity contribution in [1.82, 2.24) is 5.16 Å². The fraction of sp³-hybridized carbons (Fsp3) is 0.708. The average Bonchev–Trinajstić information content (AvgIpc) is 3.13. The molecule has 0 aliphatic heterocycles. The molecule has 32 heavy (non-hydrogen) atoms. The monoisotopic (exact) mass is 471 g/mol. The molecular formula is C24H36F3NO3Si. The zero-order valence-electron chi connectivity index (χ0n) is 20.1. The lowest BCUT2D eigenvalue weighted by atomic mass is 9.87. The van der Waals surface area contributed by atoms with Crippen molar-refractivity contribution < 1.29 is 26.9 Å². The van der Waals surface area contributed by atoms with Gasteiger partial charge in [-0.3, -0.25) is 0 Å². The minimum Gasteiger partial charge on any atom is -0.490 e. The minimum atomic E-state index is -4.55. The number of benzene rings is 1. The molecule has 0 amide bonds. The first-order valence-corrected chi connectivity index (χ1v) is 14.5. The Hall–Kier alpha value is -1.54. The standard InChI is InChI=1S/C24H36F3NO3Si/c1-7-10-17-20(14-13-18-21(17)31-28-22(18)24(25,26)27)30-19-12-9-8-11-16(19)15-29-32(5,6)23(2,3)4/h13-14,16,19H,7-12,15H2,1-6H3/t16-,19-/m0/s1. The van der Waals surface area contributed by atoms with Gasteiger partial charge in [-0.05, 0) is 55.9 Å². The molecule has 1 aromatic heterocycles. The Labute approximate surface area is 190 Å². The van der Waals surface area contributed by atoms with Crippen LogP contribution in [0.1, 0.15) is 71.1 Å². The van der Waals surface area contributed by atoms with Gasteiger partial charge in [0.2, 0.25) is 0 Å². The summed E-state index contributed by atoms with van der Waals surface area (Å²) in [5, 5.41) is 3.45. The molecular weight excluding hydrogens is 435 g/mol. The summed E-state index contributed by atoms with van der Waals surface area (Å²) in [6, 6.07) is 3.08. The normalized spacial score (nSPS) is 20.7. The summed E-state index contributed by atoms with van der Waals surface area (Å²) < 4.78 is 58.0. The first-order chi connectivity index (χ1) is 14.8. The molecule has 2 atom stereocenters. The van der Waals surface area contributed by atoms with E-state index in [4.69, 9.17) is 13.7 Å². The van der Waals surface area contributed by atoms with E-state index >= 15 is 0 Å². The van der Waals surface area contributed by atoms with Crippen LogP contribution in [0.3, 0.4) is 0 Å². The van der Waals surface area contributed by atoms with Gasteiger partial charge in [-0.15, -0.1) is 0 Å². The molecule has 1 aliphatic carbocycles. The third-order valence-corrected chi connectivity index (χ3v) is 11.6. The molecule has 0 spiro atoms. The molecule has 3 rings (SSSR count). The number of aromatic nitrogens is 1. The third kappa shape index (κ3) is 5.33. The molecule has 4 nitrogen and oxygen atoms in total. The molecule has 0 N–H and O–H groups in total. The van der Waals surface area contributed by atoms with Crippen LogP contribution in [0.5, 0.6) is 5.75 Å². The second-order valence-corrected chi connectivity index (χ2v) is 15.3. The Morgan fingerprint density at radius 2 is 1.81 bits per heavy atom. The number of ether oxygens (including phenoxy) is 1. The second kappa shape index (κ2) is 9.37. The van der Waals surface area contributed by atoms with E-state index < -0.39 is 20.2 Å². The van der Waals surface area contributed by atoms with Crippen molar-refractivity contribution in [3.8, 4) is 5.75 Å². The summed E-state index contributed by atoms with van der Waals surface area (Å²) in [7, 11) is -1.87. The Bertz CT molecular complexity index is 918. The lowest BCUT2D eigenvalue weighted by Crippen LogP contribution is -2.44. The van der Waals surface area contributed by atoms with Crippen LogP contribution in [0, 0.1) is 5.92 Å². The lowest BCUT2D eigenvalue weighted by Gasteiger charge is -2.39. The van der Waals surface area contributed by atoms with Crippen molar-refractivity contribution in [3.63, 3.8) is 0 Å². The number of halogens is 3. The van der Waals surface area contributed by atoms with Gasteiger partial charge in [0.25, 0.3) is 0 Å². The van der Waals surface area contributed by atoms with Crippen LogP contribution in [0.25, 0.3) is 11.0 Å². The second-order valence-electron chi connectivity index (χ2n) is 10.5. The van der Waals surface area contributed by atoms with Gasteiger partial charge in [0.05, 0.1) is 5.39 Å². The molecule has 0 radical (unpaired) electrons. The molecule has 0 bridgehead atoms. The molecule has 2 aromatic rings. The Morgan fingerprint density at radius 1 is 1.12 bits per heavy atom. The first-order valence-electron chi connectivity index (χ1n) is 11.6. The maximum absolute atomic E-state index is 13.3. The number of nitrogens with zero attached hydrogens (tertiary/aromatic N) is 1. The van der Waals surface area contributed by atoms with Gasteiger partial charge in [0.15, 0.2) is 19.6 Å². The number of hydrogen-bond acceptors (Lipinski definition) is 4. The van der Waals surface area contributed by atoms with Crippen LogP contribution in [-0.2, 0) is 17.0 Å². The van der Waals surface area contributed by atoms with Gasteiger partial charge in [-0.25, -0.2) is 0 Å². The molecule has 0 unspecified atom stereocenters. The molecule has 1 fully saturated rings. The quantitative estimate of drug-likeness (QED) is 0.387. The fourth-order valence-electron chi connectivity index (χ4n) is 4.06. The SMILES string of the molecule is CCCc1c(O[C@H]2CCCC[C@H]2CO[Si](C)(C)C(C)(C)C)ccc2c(C(F)(F)F)noc12. The van der Waals surface area contributed by atoms with Crippen LogP contribution in [0.4, 0.5) is 13.2 Å². The lowest BCUT2D eigenvalue weighted by molar-refractivity contribution is -0.141.